The first-order chi connectivity index (χ1) is 9.08. The van der Waals surface area contributed by atoms with Crippen LogP contribution in [0.5, 0.6) is 5.75 Å². The van der Waals surface area contributed by atoms with E-state index in [1.807, 2.05) is 0 Å². The molecule has 1 aromatic carbocycles. The summed E-state index contributed by atoms with van der Waals surface area (Å²) < 4.78 is 14.6. The molecule has 0 amide bonds. The van der Waals surface area contributed by atoms with Gasteiger partial charge >= 0.3 is 11.9 Å². The largest absolute Gasteiger partial charge is 0.496 e. The molecule has 0 radical (unpaired) electrons. The zero-order valence-electron chi connectivity index (χ0n) is 11.0. The van der Waals surface area contributed by atoms with Crippen LogP contribution in [0.4, 0.5) is 5.69 Å². The fraction of sp³-hybridized carbons (Fsp3) is 0.385. The molecule has 0 heterocycles. The van der Waals surface area contributed by atoms with Crippen molar-refractivity contribution in [3.63, 3.8) is 0 Å². The molecule has 0 unspecified atom stereocenters. The normalized spacial score (nSPS) is 9.79. The van der Waals surface area contributed by atoms with Crippen molar-refractivity contribution in [2.45, 2.75) is 12.8 Å². The number of methoxy groups -OCH3 is 2. The van der Waals surface area contributed by atoms with E-state index in [1.165, 1.54) is 20.3 Å². The Morgan fingerprint density at radius 1 is 1.26 bits per heavy atom. The van der Waals surface area contributed by atoms with Crippen molar-refractivity contribution < 1.29 is 23.8 Å². The molecule has 0 aliphatic rings. The van der Waals surface area contributed by atoms with Crippen LogP contribution in [-0.4, -0.2) is 32.8 Å². The summed E-state index contributed by atoms with van der Waals surface area (Å²) >= 11 is 0. The summed E-state index contributed by atoms with van der Waals surface area (Å²) in [5, 5.41) is 0. The van der Waals surface area contributed by atoms with Crippen LogP contribution in [0.3, 0.4) is 0 Å². The van der Waals surface area contributed by atoms with E-state index in [-0.39, 0.29) is 19.0 Å². The van der Waals surface area contributed by atoms with Gasteiger partial charge in [0.1, 0.15) is 11.3 Å². The van der Waals surface area contributed by atoms with Gasteiger partial charge in [0.05, 0.1) is 20.8 Å². The topological polar surface area (TPSA) is 87.9 Å². The molecule has 0 atom stereocenters. The van der Waals surface area contributed by atoms with Crippen molar-refractivity contribution in [2.24, 2.45) is 0 Å². The van der Waals surface area contributed by atoms with Gasteiger partial charge in [0.15, 0.2) is 0 Å². The van der Waals surface area contributed by atoms with Crippen molar-refractivity contribution in [3.05, 3.63) is 23.8 Å². The Morgan fingerprint density at radius 3 is 2.63 bits per heavy atom. The molecule has 6 heteroatoms. The summed E-state index contributed by atoms with van der Waals surface area (Å²) in [5.41, 5.74) is 6.39. The van der Waals surface area contributed by atoms with Gasteiger partial charge in [-0.3, -0.25) is 4.79 Å². The molecule has 1 rings (SSSR count). The summed E-state index contributed by atoms with van der Waals surface area (Å²) in [6.07, 6.45) is 0.623. The molecule has 0 spiro atoms. The van der Waals surface area contributed by atoms with Gasteiger partial charge in [-0.1, -0.05) is 0 Å². The van der Waals surface area contributed by atoms with E-state index >= 15 is 0 Å². The van der Waals surface area contributed by atoms with Crippen LogP contribution in [0.1, 0.15) is 23.2 Å². The van der Waals surface area contributed by atoms with E-state index in [2.05, 4.69) is 4.74 Å². The minimum atomic E-state index is -0.512. The fourth-order valence-electron chi connectivity index (χ4n) is 1.44. The van der Waals surface area contributed by atoms with Gasteiger partial charge in [-0.15, -0.1) is 0 Å². The van der Waals surface area contributed by atoms with Crippen molar-refractivity contribution in [3.8, 4) is 5.75 Å². The number of esters is 2. The second-order valence-electron chi connectivity index (χ2n) is 3.78. The van der Waals surface area contributed by atoms with E-state index in [9.17, 15) is 9.59 Å². The second kappa shape index (κ2) is 7.25. The second-order valence-corrected chi connectivity index (χ2v) is 3.78. The first-order valence-corrected chi connectivity index (χ1v) is 5.76. The third-order valence-electron chi connectivity index (χ3n) is 2.43. The monoisotopic (exact) mass is 267 g/mol. The van der Waals surface area contributed by atoms with Gasteiger partial charge in [-0.2, -0.15) is 0 Å². The lowest BCUT2D eigenvalue weighted by molar-refractivity contribution is -0.140. The molecule has 0 aliphatic heterocycles. The number of hydrogen-bond donors (Lipinski definition) is 1. The average molecular weight is 267 g/mol. The molecule has 19 heavy (non-hydrogen) atoms. The van der Waals surface area contributed by atoms with Gasteiger partial charge in [-0.05, 0) is 18.6 Å². The third kappa shape index (κ3) is 4.50. The summed E-state index contributed by atoms with van der Waals surface area (Å²) in [6.45, 7) is 0.140. The third-order valence-corrected chi connectivity index (χ3v) is 2.43. The van der Waals surface area contributed by atoms with Gasteiger partial charge in [0.2, 0.25) is 0 Å². The van der Waals surface area contributed by atoms with Gasteiger partial charge in [0.25, 0.3) is 0 Å². The molecule has 0 saturated heterocycles. The van der Waals surface area contributed by atoms with E-state index in [1.54, 1.807) is 12.1 Å². The molecular formula is C13H17NO5. The smallest absolute Gasteiger partial charge is 0.341 e. The molecule has 6 nitrogen and oxygen atoms in total. The fourth-order valence-corrected chi connectivity index (χ4v) is 1.44. The van der Waals surface area contributed by atoms with Crippen LogP contribution in [0, 0.1) is 0 Å². The van der Waals surface area contributed by atoms with Crippen LogP contribution in [0.25, 0.3) is 0 Å². The van der Waals surface area contributed by atoms with E-state index in [0.717, 1.165) is 0 Å². The molecule has 0 saturated carbocycles. The van der Waals surface area contributed by atoms with E-state index < -0.39 is 5.97 Å². The number of nitrogen functional groups attached to an aromatic ring is 1. The predicted molar refractivity (Wildman–Crippen MR) is 68.9 cm³/mol. The van der Waals surface area contributed by atoms with Crippen LogP contribution >= 0.6 is 0 Å². The Morgan fingerprint density at radius 2 is 2.00 bits per heavy atom. The number of ether oxygens (including phenoxy) is 3. The first-order valence-electron chi connectivity index (χ1n) is 5.76. The maximum Gasteiger partial charge on any atom is 0.341 e. The Hall–Kier alpha value is -2.24. The molecule has 2 N–H and O–H groups in total. The van der Waals surface area contributed by atoms with Crippen LogP contribution in [0.2, 0.25) is 0 Å². The Bertz CT molecular complexity index is 458. The number of nitrogens with two attached hydrogens (primary N) is 1. The number of hydrogen-bond acceptors (Lipinski definition) is 6. The first kappa shape index (κ1) is 14.8. The predicted octanol–water partition coefficient (Wildman–Crippen LogP) is 1.39. The Labute approximate surface area is 111 Å². The summed E-state index contributed by atoms with van der Waals surface area (Å²) in [7, 11) is 2.76. The lowest BCUT2D eigenvalue weighted by Gasteiger charge is -2.09. The molecule has 0 fully saturated rings. The maximum absolute atomic E-state index is 11.8. The van der Waals surface area contributed by atoms with E-state index in [4.69, 9.17) is 15.2 Å². The van der Waals surface area contributed by atoms with Crippen LogP contribution in [-0.2, 0) is 14.3 Å². The van der Waals surface area contributed by atoms with Gasteiger partial charge in [0, 0.05) is 18.2 Å². The van der Waals surface area contributed by atoms with Crippen LogP contribution < -0.4 is 10.5 Å². The molecule has 0 aromatic heterocycles. The number of rotatable bonds is 6. The highest BCUT2D eigenvalue weighted by atomic mass is 16.5. The van der Waals surface area contributed by atoms with E-state index in [0.29, 0.717) is 23.4 Å². The highest BCUT2D eigenvalue weighted by Gasteiger charge is 2.14. The van der Waals surface area contributed by atoms with Crippen LogP contribution in [0.15, 0.2) is 18.2 Å². The summed E-state index contributed by atoms with van der Waals surface area (Å²) in [4.78, 5) is 22.7. The highest BCUT2D eigenvalue weighted by molar-refractivity contribution is 5.93. The standard InChI is InChI=1S/C13H17NO5/c1-17-11-8-9(14)5-6-10(11)13(16)19-7-3-4-12(15)18-2/h5-6,8H,3-4,7,14H2,1-2H3. The van der Waals surface area contributed by atoms with Gasteiger partial charge in [-0.25, -0.2) is 4.79 Å². The van der Waals surface area contributed by atoms with Crippen molar-refractivity contribution in [1.82, 2.24) is 0 Å². The van der Waals surface area contributed by atoms with Gasteiger partial charge < -0.3 is 19.9 Å². The minimum Gasteiger partial charge on any atom is -0.496 e. The average Bonchev–Trinajstić information content (AvgIpc) is 2.42. The minimum absolute atomic E-state index is 0.140. The number of carbonyl (C=O) groups excluding carboxylic acids is 2. The lowest BCUT2D eigenvalue weighted by atomic mass is 10.2. The maximum atomic E-state index is 11.8. The summed E-state index contributed by atoms with van der Waals surface area (Å²) in [6, 6.07) is 4.68. The molecular weight excluding hydrogens is 250 g/mol. The zero-order chi connectivity index (χ0) is 14.3. The van der Waals surface area contributed by atoms with Crippen molar-refractivity contribution >= 4 is 17.6 Å². The number of benzene rings is 1. The number of carbonyl (C=O) groups is 2. The molecule has 104 valence electrons. The molecule has 1 aromatic rings. The van der Waals surface area contributed by atoms with Crippen molar-refractivity contribution in [2.75, 3.05) is 26.6 Å². The SMILES string of the molecule is COC(=O)CCCOC(=O)c1ccc(N)cc1OC. The zero-order valence-corrected chi connectivity index (χ0v) is 11.0. The van der Waals surface area contributed by atoms with Crippen molar-refractivity contribution in [1.29, 1.82) is 0 Å². The molecule has 0 aliphatic carbocycles. The number of anilines is 1. The highest BCUT2D eigenvalue weighted by Crippen LogP contribution is 2.22. The summed E-state index contributed by atoms with van der Waals surface area (Å²) in [5.74, 6) is -0.485. The quantitative estimate of drug-likeness (QED) is 0.476. The Balaban J connectivity index is 2.52. The Kier molecular flexibility index (Phi) is 5.66. The lowest BCUT2D eigenvalue weighted by Crippen LogP contribution is -2.10. The molecule has 0 bridgehead atoms.